The quantitative estimate of drug-likeness (QED) is 0.944. The number of nitrogens with zero attached hydrogens (tertiary/aromatic N) is 3. The van der Waals surface area contributed by atoms with Gasteiger partial charge in [-0.25, -0.2) is 0 Å². The van der Waals surface area contributed by atoms with Crippen LogP contribution >= 0.6 is 0 Å². The van der Waals surface area contributed by atoms with Crippen LogP contribution in [0.25, 0.3) is 11.3 Å². The van der Waals surface area contributed by atoms with E-state index in [1.165, 1.54) is 25.9 Å². The molecule has 3 aliphatic heterocycles. The van der Waals surface area contributed by atoms with Crippen LogP contribution in [0.1, 0.15) is 19.8 Å². The van der Waals surface area contributed by atoms with Gasteiger partial charge in [-0.3, -0.25) is 4.90 Å². The molecule has 5 rings (SSSR count). The summed E-state index contributed by atoms with van der Waals surface area (Å²) in [5.74, 6) is 1.67. The molecular formula is C18H22N4. The Bertz CT molecular complexity index is 615. The van der Waals surface area contributed by atoms with Crippen molar-refractivity contribution in [2.24, 2.45) is 5.92 Å². The highest BCUT2D eigenvalue weighted by atomic mass is 15.2. The number of fused-ring (bicyclic) bond motifs is 3. The summed E-state index contributed by atoms with van der Waals surface area (Å²) >= 11 is 0. The number of hydrogen-bond donors (Lipinski definition) is 1. The smallest absolute Gasteiger partial charge is 0.148 e. The second-order valence-electron chi connectivity index (χ2n) is 6.45. The van der Waals surface area contributed by atoms with Crippen LogP contribution in [-0.2, 0) is 0 Å². The Hall–Kier alpha value is -1.94. The SMILES string of the molecule is C[C@@H]1[C@@H](Nc2ccc(-c3ccccc3)nn2)C2CCN1CC2. The third-order valence-electron chi connectivity index (χ3n) is 5.23. The lowest BCUT2D eigenvalue weighted by molar-refractivity contribution is 0.0457. The molecule has 4 heteroatoms. The van der Waals surface area contributed by atoms with Gasteiger partial charge in [-0.2, -0.15) is 0 Å². The summed E-state index contributed by atoms with van der Waals surface area (Å²) in [6.45, 7) is 4.83. The molecular weight excluding hydrogens is 272 g/mol. The minimum atomic E-state index is 0.499. The largest absolute Gasteiger partial charge is 0.364 e. The Morgan fingerprint density at radius 1 is 1.00 bits per heavy atom. The van der Waals surface area contributed by atoms with Crippen LogP contribution in [0, 0.1) is 5.92 Å². The van der Waals surface area contributed by atoms with E-state index in [2.05, 4.69) is 51.6 Å². The molecule has 4 heterocycles. The summed E-state index contributed by atoms with van der Waals surface area (Å²) in [6, 6.07) is 15.4. The van der Waals surface area contributed by atoms with Crippen molar-refractivity contribution in [2.75, 3.05) is 18.4 Å². The number of hydrogen-bond acceptors (Lipinski definition) is 4. The Balaban J connectivity index is 1.50. The molecule has 2 aromatic rings. The second kappa shape index (κ2) is 5.69. The predicted octanol–water partition coefficient (Wildman–Crippen LogP) is 3.04. The highest BCUT2D eigenvalue weighted by Crippen LogP contribution is 2.33. The summed E-state index contributed by atoms with van der Waals surface area (Å²) in [5, 5.41) is 12.4. The van der Waals surface area contributed by atoms with Gasteiger partial charge in [-0.15, -0.1) is 10.2 Å². The Morgan fingerprint density at radius 3 is 2.41 bits per heavy atom. The van der Waals surface area contributed by atoms with Crippen LogP contribution in [0.15, 0.2) is 42.5 Å². The van der Waals surface area contributed by atoms with E-state index in [-0.39, 0.29) is 0 Å². The van der Waals surface area contributed by atoms with E-state index in [1.54, 1.807) is 0 Å². The maximum atomic E-state index is 4.39. The molecule has 0 aliphatic carbocycles. The van der Waals surface area contributed by atoms with Crippen molar-refractivity contribution < 1.29 is 0 Å². The number of piperidine rings is 3. The van der Waals surface area contributed by atoms with Crippen molar-refractivity contribution in [1.82, 2.24) is 15.1 Å². The number of aromatic nitrogens is 2. The molecule has 3 aliphatic rings. The minimum Gasteiger partial charge on any atom is -0.364 e. The van der Waals surface area contributed by atoms with Crippen LogP contribution in [0.5, 0.6) is 0 Å². The number of anilines is 1. The van der Waals surface area contributed by atoms with E-state index in [1.807, 2.05) is 18.2 Å². The van der Waals surface area contributed by atoms with Gasteiger partial charge in [-0.05, 0) is 50.9 Å². The molecule has 1 aromatic carbocycles. The van der Waals surface area contributed by atoms with Crippen LogP contribution in [0.2, 0.25) is 0 Å². The summed E-state index contributed by atoms with van der Waals surface area (Å²) in [6.07, 6.45) is 2.61. The van der Waals surface area contributed by atoms with Crippen LogP contribution in [-0.4, -0.2) is 40.3 Å². The summed E-state index contributed by atoms with van der Waals surface area (Å²) in [7, 11) is 0. The lowest BCUT2D eigenvalue weighted by atomic mass is 9.79. The van der Waals surface area contributed by atoms with Gasteiger partial charge in [-0.1, -0.05) is 30.3 Å². The van der Waals surface area contributed by atoms with Crippen molar-refractivity contribution in [1.29, 1.82) is 0 Å². The van der Waals surface area contributed by atoms with Crippen molar-refractivity contribution in [3.63, 3.8) is 0 Å². The molecule has 0 amide bonds. The lowest BCUT2D eigenvalue weighted by Gasteiger charge is -2.50. The van der Waals surface area contributed by atoms with Gasteiger partial charge in [0.15, 0.2) is 0 Å². The van der Waals surface area contributed by atoms with E-state index in [0.717, 1.165) is 23.0 Å². The number of rotatable bonds is 3. The Morgan fingerprint density at radius 2 is 1.77 bits per heavy atom. The minimum absolute atomic E-state index is 0.499. The molecule has 2 bridgehead atoms. The second-order valence-corrected chi connectivity index (χ2v) is 6.45. The van der Waals surface area contributed by atoms with Gasteiger partial charge >= 0.3 is 0 Å². The molecule has 22 heavy (non-hydrogen) atoms. The fourth-order valence-corrected chi connectivity index (χ4v) is 3.89. The molecule has 114 valence electrons. The van der Waals surface area contributed by atoms with Crippen molar-refractivity contribution in [3.05, 3.63) is 42.5 Å². The molecule has 0 saturated carbocycles. The summed E-state index contributed by atoms with van der Waals surface area (Å²) in [4.78, 5) is 2.59. The molecule has 3 saturated heterocycles. The summed E-state index contributed by atoms with van der Waals surface area (Å²) < 4.78 is 0. The van der Waals surface area contributed by atoms with Gasteiger partial charge in [0.2, 0.25) is 0 Å². The third kappa shape index (κ3) is 2.48. The van der Waals surface area contributed by atoms with Gasteiger partial charge in [0.05, 0.1) is 5.69 Å². The highest BCUT2D eigenvalue weighted by molar-refractivity contribution is 5.59. The van der Waals surface area contributed by atoms with E-state index in [9.17, 15) is 0 Å². The normalized spacial score (nSPS) is 30.2. The Kier molecular flexibility index (Phi) is 3.54. The summed E-state index contributed by atoms with van der Waals surface area (Å²) in [5.41, 5.74) is 2.03. The first-order chi connectivity index (χ1) is 10.8. The standard InChI is InChI=1S/C18H22N4/c1-13-18(15-9-11-22(13)12-10-15)19-17-8-7-16(20-21-17)14-5-3-2-4-6-14/h2-8,13,15,18H,9-12H2,1H3,(H,19,21)/t13-,18-/m1/s1. The van der Waals surface area contributed by atoms with Crippen molar-refractivity contribution in [2.45, 2.75) is 31.8 Å². The van der Waals surface area contributed by atoms with Crippen LogP contribution < -0.4 is 5.32 Å². The maximum Gasteiger partial charge on any atom is 0.148 e. The topological polar surface area (TPSA) is 41.1 Å². The van der Waals surface area contributed by atoms with Gasteiger partial charge < -0.3 is 5.32 Å². The molecule has 1 N–H and O–H groups in total. The van der Waals surface area contributed by atoms with Crippen molar-refractivity contribution in [3.8, 4) is 11.3 Å². The fourth-order valence-electron chi connectivity index (χ4n) is 3.89. The first-order valence-corrected chi connectivity index (χ1v) is 8.21. The van der Waals surface area contributed by atoms with E-state index >= 15 is 0 Å². The zero-order chi connectivity index (χ0) is 14.9. The number of benzene rings is 1. The third-order valence-corrected chi connectivity index (χ3v) is 5.23. The lowest BCUT2D eigenvalue weighted by Crippen LogP contribution is -2.59. The maximum absolute atomic E-state index is 4.39. The fraction of sp³-hybridized carbons (Fsp3) is 0.444. The number of nitrogens with one attached hydrogen (secondary N) is 1. The average Bonchev–Trinajstić information content (AvgIpc) is 2.60. The monoisotopic (exact) mass is 294 g/mol. The van der Waals surface area contributed by atoms with Gasteiger partial charge in [0, 0.05) is 17.6 Å². The highest BCUT2D eigenvalue weighted by Gasteiger charge is 2.39. The Labute approximate surface area is 131 Å². The molecule has 0 radical (unpaired) electrons. The van der Waals surface area contributed by atoms with Gasteiger partial charge in [0.25, 0.3) is 0 Å². The van der Waals surface area contributed by atoms with E-state index in [4.69, 9.17) is 0 Å². The van der Waals surface area contributed by atoms with E-state index in [0.29, 0.717) is 12.1 Å². The first-order valence-electron chi connectivity index (χ1n) is 8.21. The molecule has 3 fully saturated rings. The van der Waals surface area contributed by atoms with Crippen LogP contribution in [0.3, 0.4) is 0 Å². The first kappa shape index (κ1) is 13.7. The molecule has 4 nitrogen and oxygen atoms in total. The average molecular weight is 294 g/mol. The van der Waals surface area contributed by atoms with Crippen molar-refractivity contribution >= 4 is 5.82 Å². The van der Waals surface area contributed by atoms with Crippen LogP contribution in [0.4, 0.5) is 5.82 Å². The van der Waals surface area contributed by atoms with Gasteiger partial charge in [0.1, 0.15) is 5.82 Å². The molecule has 0 unspecified atom stereocenters. The molecule has 0 spiro atoms. The van der Waals surface area contributed by atoms with E-state index < -0.39 is 0 Å². The zero-order valence-electron chi connectivity index (χ0n) is 12.9. The molecule has 2 atom stereocenters. The molecule has 1 aromatic heterocycles. The zero-order valence-corrected chi connectivity index (χ0v) is 12.9. The predicted molar refractivity (Wildman–Crippen MR) is 88.6 cm³/mol.